The van der Waals surface area contributed by atoms with Gasteiger partial charge in [0.2, 0.25) is 0 Å². The number of hydrogen-bond donors (Lipinski definition) is 0. The lowest BCUT2D eigenvalue weighted by atomic mass is 10.4. The van der Waals surface area contributed by atoms with Crippen molar-refractivity contribution < 1.29 is 19.1 Å². The van der Waals surface area contributed by atoms with Gasteiger partial charge in [-0.05, 0) is 6.92 Å². The van der Waals surface area contributed by atoms with Crippen LogP contribution in [0.1, 0.15) is 20.8 Å². The lowest BCUT2D eigenvalue weighted by Gasteiger charge is -2.30. The maximum Gasteiger partial charge on any atom is 0.345 e. The van der Waals surface area contributed by atoms with E-state index in [1.54, 1.807) is 23.5 Å². The van der Waals surface area contributed by atoms with E-state index in [1.165, 1.54) is 6.92 Å². The zero-order valence-corrected chi connectivity index (χ0v) is 12.4. The Morgan fingerprint density at radius 1 is 1.33 bits per heavy atom. The first-order valence-electron chi connectivity index (χ1n) is 5.69. The van der Waals surface area contributed by atoms with E-state index in [0.29, 0.717) is 10.5 Å². The maximum absolute atomic E-state index is 11.5. The third-order valence-electron chi connectivity index (χ3n) is 2.46. The van der Waals surface area contributed by atoms with E-state index < -0.39 is 11.9 Å². The van der Waals surface area contributed by atoms with Crippen molar-refractivity contribution in [3.05, 3.63) is 12.2 Å². The number of rotatable bonds is 4. The second-order valence-electron chi connectivity index (χ2n) is 4.16. The Kier molecular flexibility index (Phi) is 6.08. The van der Waals surface area contributed by atoms with Crippen molar-refractivity contribution in [2.24, 2.45) is 0 Å². The predicted octanol–water partition coefficient (Wildman–Crippen LogP) is 2.23. The van der Waals surface area contributed by atoms with Crippen LogP contribution < -0.4 is 0 Å². The first kappa shape index (κ1) is 15.4. The van der Waals surface area contributed by atoms with Gasteiger partial charge in [-0.1, -0.05) is 20.4 Å². The maximum atomic E-state index is 11.5. The molecule has 18 heavy (non-hydrogen) atoms. The molecule has 0 amide bonds. The van der Waals surface area contributed by atoms with Gasteiger partial charge in [-0.25, -0.2) is 9.59 Å². The van der Waals surface area contributed by atoms with E-state index in [2.05, 4.69) is 20.4 Å². The van der Waals surface area contributed by atoms with Gasteiger partial charge in [0.25, 0.3) is 0 Å². The van der Waals surface area contributed by atoms with Crippen molar-refractivity contribution in [3.63, 3.8) is 0 Å². The first-order chi connectivity index (χ1) is 8.40. The molecule has 6 heteroatoms. The van der Waals surface area contributed by atoms with Crippen LogP contribution in [-0.2, 0) is 19.1 Å². The topological polar surface area (TPSA) is 52.6 Å². The fourth-order valence-electron chi connectivity index (χ4n) is 1.25. The lowest BCUT2D eigenvalue weighted by Crippen LogP contribution is -2.31. The van der Waals surface area contributed by atoms with Crippen LogP contribution in [0.5, 0.6) is 0 Å². The molecule has 0 saturated carbocycles. The molecule has 0 N–H and O–H groups in total. The van der Waals surface area contributed by atoms with Crippen molar-refractivity contribution in [1.82, 2.24) is 0 Å². The zero-order valence-electron chi connectivity index (χ0n) is 10.8. The minimum absolute atomic E-state index is 0.155. The Morgan fingerprint density at radius 3 is 2.56 bits per heavy atom. The zero-order chi connectivity index (χ0) is 13.7. The molecule has 1 heterocycles. The Labute approximate surface area is 116 Å². The third kappa shape index (κ3) is 4.94. The summed E-state index contributed by atoms with van der Waals surface area (Å²) in [4.78, 5) is 22.6. The Bertz CT molecular complexity index is 343. The SMILES string of the molecule is C=C(C)C(=O)OCC(=O)O[C@@H]1CS[C@@H](C)[C@@H](C)S1. The van der Waals surface area contributed by atoms with E-state index in [0.717, 1.165) is 5.75 Å². The summed E-state index contributed by atoms with van der Waals surface area (Å²) in [6.07, 6.45) is 0. The minimum Gasteiger partial charge on any atom is -0.450 e. The molecule has 1 aliphatic rings. The molecule has 0 bridgehead atoms. The molecule has 0 unspecified atom stereocenters. The summed E-state index contributed by atoms with van der Waals surface area (Å²) < 4.78 is 9.96. The number of thioether (sulfide) groups is 2. The average Bonchev–Trinajstić information content (AvgIpc) is 2.30. The number of carbonyl (C=O) groups is 2. The quantitative estimate of drug-likeness (QED) is 0.584. The predicted molar refractivity (Wildman–Crippen MR) is 74.6 cm³/mol. The highest BCUT2D eigenvalue weighted by atomic mass is 32.2. The van der Waals surface area contributed by atoms with E-state index in [9.17, 15) is 9.59 Å². The van der Waals surface area contributed by atoms with Gasteiger partial charge < -0.3 is 9.47 Å². The molecule has 0 spiro atoms. The molecular weight excluding hydrogens is 272 g/mol. The summed E-state index contributed by atoms with van der Waals surface area (Å²) >= 11 is 3.43. The van der Waals surface area contributed by atoms with E-state index in [-0.39, 0.29) is 17.6 Å². The van der Waals surface area contributed by atoms with Gasteiger partial charge in [-0.15, -0.1) is 11.8 Å². The van der Waals surface area contributed by atoms with Gasteiger partial charge in [-0.2, -0.15) is 11.8 Å². The van der Waals surface area contributed by atoms with Gasteiger partial charge in [0.15, 0.2) is 12.0 Å². The number of hydrogen-bond acceptors (Lipinski definition) is 6. The Balaban J connectivity index is 2.28. The molecule has 1 fully saturated rings. The summed E-state index contributed by atoms with van der Waals surface area (Å²) in [6, 6.07) is 0. The third-order valence-corrected chi connectivity index (χ3v) is 5.67. The molecule has 0 radical (unpaired) electrons. The highest BCUT2D eigenvalue weighted by Crippen LogP contribution is 2.36. The standard InChI is InChI=1S/C12H18O4S2/c1-7(2)12(14)15-5-10(13)16-11-6-17-8(3)9(4)18-11/h8-9,11H,1,5-6H2,2-4H3/t8-,9+,11-/m0/s1. The van der Waals surface area contributed by atoms with Gasteiger partial charge in [-0.3, -0.25) is 0 Å². The summed E-state index contributed by atoms with van der Waals surface area (Å²) in [5.41, 5.74) is 0.116. The largest absolute Gasteiger partial charge is 0.450 e. The second-order valence-corrected chi connectivity index (χ2v) is 7.11. The van der Waals surface area contributed by atoms with Crippen LogP contribution >= 0.6 is 23.5 Å². The van der Waals surface area contributed by atoms with Gasteiger partial charge in [0.1, 0.15) is 0 Å². The van der Waals surface area contributed by atoms with Crippen molar-refractivity contribution in [2.75, 3.05) is 12.4 Å². The number of ether oxygens (including phenoxy) is 2. The molecule has 102 valence electrons. The lowest BCUT2D eigenvalue weighted by molar-refractivity contribution is -0.157. The molecule has 0 aromatic rings. The van der Waals surface area contributed by atoms with Crippen molar-refractivity contribution in [2.45, 2.75) is 36.7 Å². The molecule has 0 aromatic heterocycles. The molecule has 1 aliphatic heterocycles. The molecule has 0 aromatic carbocycles. The van der Waals surface area contributed by atoms with E-state index >= 15 is 0 Å². The molecule has 1 rings (SSSR count). The molecule has 4 nitrogen and oxygen atoms in total. The summed E-state index contributed by atoms with van der Waals surface area (Å²) in [6.45, 7) is 8.89. The van der Waals surface area contributed by atoms with Crippen LogP contribution in [0.3, 0.4) is 0 Å². The second kappa shape index (κ2) is 7.09. The fourth-order valence-corrected chi connectivity index (χ4v) is 3.89. The monoisotopic (exact) mass is 290 g/mol. The van der Waals surface area contributed by atoms with Gasteiger partial charge in [0, 0.05) is 21.8 Å². The average molecular weight is 290 g/mol. The first-order valence-corrected chi connectivity index (χ1v) is 7.68. The highest BCUT2D eigenvalue weighted by molar-refractivity contribution is 8.07. The Morgan fingerprint density at radius 2 is 2.00 bits per heavy atom. The summed E-state index contributed by atoms with van der Waals surface area (Å²) in [5.74, 6) is -0.305. The van der Waals surface area contributed by atoms with Crippen LogP contribution in [0.2, 0.25) is 0 Å². The number of esters is 2. The highest BCUT2D eigenvalue weighted by Gasteiger charge is 2.28. The van der Waals surface area contributed by atoms with Crippen LogP contribution in [0.4, 0.5) is 0 Å². The summed E-state index contributed by atoms with van der Waals surface area (Å²) in [5, 5.41) is 1.01. The van der Waals surface area contributed by atoms with Gasteiger partial charge >= 0.3 is 11.9 Å². The van der Waals surface area contributed by atoms with Crippen LogP contribution in [0.15, 0.2) is 12.2 Å². The Hall–Kier alpha value is -0.620. The van der Waals surface area contributed by atoms with Gasteiger partial charge in [0.05, 0.1) is 0 Å². The van der Waals surface area contributed by atoms with E-state index in [4.69, 9.17) is 9.47 Å². The van der Waals surface area contributed by atoms with Crippen LogP contribution in [0, 0.1) is 0 Å². The normalized spacial score (nSPS) is 27.4. The summed E-state index contributed by atoms with van der Waals surface area (Å²) in [7, 11) is 0. The fraction of sp³-hybridized carbons (Fsp3) is 0.667. The van der Waals surface area contributed by atoms with Crippen LogP contribution in [-0.4, -0.2) is 40.2 Å². The molecule has 3 atom stereocenters. The number of carbonyl (C=O) groups excluding carboxylic acids is 2. The molecule has 1 saturated heterocycles. The van der Waals surface area contributed by atoms with E-state index in [1.807, 2.05) is 0 Å². The molecule has 0 aliphatic carbocycles. The van der Waals surface area contributed by atoms with Crippen molar-refractivity contribution >= 4 is 35.5 Å². The van der Waals surface area contributed by atoms with Crippen molar-refractivity contribution in [3.8, 4) is 0 Å². The minimum atomic E-state index is -0.570. The van der Waals surface area contributed by atoms with Crippen molar-refractivity contribution in [1.29, 1.82) is 0 Å². The van der Waals surface area contributed by atoms with Crippen LogP contribution in [0.25, 0.3) is 0 Å². The molecular formula is C12H18O4S2. The smallest absolute Gasteiger partial charge is 0.345 e.